The van der Waals surface area contributed by atoms with Gasteiger partial charge in [-0.2, -0.15) is 5.10 Å². The molecule has 3 aromatic rings. The van der Waals surface area contributed by atoms with Gasteiger partial charge in [0, 0.05) is 13.6 Å². The lowest BCUT2D eigenvalue weighted by molar-refractivity contribution is -0.128. The normalized spacial score (nSPS) is 14.2. The highest BCUT2D eigenvalue weighted by atomic mass is 16.2. The van der Waals surface area contributed by atoms with Crippen molar-refractivity contribution in [3.8, 4) is 0 Å². The molecule has 0 unspecified atom stereocenters. The van der Waals surface area contributed by atoms with Gasteiger partial charge in [-0.25, -0.2) is 15.0 Å². The lowest BCUT2D eigenvalue weighted by Gasteiger charge is -2.11. The molecule has 3 heterocycles. The van der Waals surface area contributed by atoms with E-state index in [9.17, 15) is 9.59 Å². The third-order valence-electron chi connectivity index (χ3n) is 4.55. The van der Waals surface area contributed by atoms with Crippen molar-refractivity contribution < 1.29 is 4.79 Å². The minimum atomic E-state index is -0.199. The molecule has 1 aromatic carbocycles. The predicted molar refractivity (Wildman–Crippen MR) is 102 cm³/mol. The Morgan fingerprint density at radius 3 is 2.63 bits per heavy atom. The summed E-state index contributed by atoms with van der Waals surface area (Å²) in [6.07, 6.45) is 3.89. The Hall–Kier alpha value is -3.23. The Kier molecular flexibility index (Phi) is 4.35. The number of aromatic nitrogens is 4. The third-order valence-corrected chi connectivity index (χ3v) is 4.55. The molecule has 0 fully saturated rings. The number of carbonyl (C=O) groups excluding carboxylic acids is 1. The number of nitrogens with zero attached hydrogens (tertiary/aromatic N) is 6. The zero-order chi connectivity index (χ0) is 19.0. The Balaban J connectivity index is 1.48. The highest BCUT2D eigenvalue weighted by Crippen LogP contribution is 2.11. The number of aryl methyl sites for hydroxylation is 1. The van der Waals surface area contributed by atoms with Crippen molar-refractivity contribution in [1.29, 1.82) is 0 Å². The summed E-state index contributed by atoms with van der Waals surface area (Å²) in [6, 6.07) is 7.55. The Bertz CT molecular complexity index is 1100. The van der Waals surface area contributed by atoms with E-state index in [1.165, 1.54) is 15.9 Å². The van der Waals surface area contributed by atoms with Gasteiger partial charge in [0.05, 0.1) is 25.0 Å². The molecule has 0 saturated heterocycles. The SMILES string of the molecule is [B]c1ccc(CCN2N=C(Cn3cnc4ncn(C)c4c3=O)CC2=O)cc1. The molecule has 0 spiro atoms. The molecule has 0 aliphatic carbocycles. The van der Waals surface area contributed by atoms with Crippen LogP contribution in [0.25, 0.3) is 11.2 Å². The molecule has 4 rings (SSSR count). The minimum Gasteiger partial charge on any atom is -0.328 e. The molecule has 0 N–H and O–H groups in total. The summed E-state index contributed by atoms with van der Waals surface area (Å²) in [7, 11) is 7.43. The second-order valence-corrected chi connectivity index (χ2v) is 6.56. The minimum absolute atomic E-state index is 0.0666. The number of benzene rings is 1. The van der Waals surface area contributed by atoms with Crippen LogP contribution >= 0.6 is 0 Å². The monoisotopic (exact) mass is 360 g/mol. The number of carbonyl (C=O) groups is 1. The van der Waals surface area contributed by atoms with Crippen LogP contribution in [0.5, 0.6) is 0 Å². The smallest absolute Gasteiger partial charge is 0.279 e. The van der Waals surface area contributed by atoms with Gasteiger partial charge in [-0.3, -0.25) is 14.2 Å². The van der Waals surface area contributed by atoms with Crippen molar-refractivity contribution in [2.75, 3.05) is 6.54 Å². The second kappa shape index (κ2) is 6.83. The van der Waals surface area contributed by atoms with Gasteiger partial charge in [-0.05, 0) is 12.0 Å². The zero-order valence-corrected chi connectivity index (χ0v) is 14.9. The van der Waals surface area contributed by atoms with Crippen LogP contribution in [0.15, 0.2) is 46.8 Å². The maximum Gasteiger partial charge on any atom is 0.279 e. The standard InChI is InChI=1S/C18H17BN6O2/c1-23-10-20-17-16(23)18(27)24(11-21-17)9-14-8-15(26)25(22-14)7-6-12-2-4-13(19)5-3-12/h2-5,10-11H,6-9H2,1H3. The van der Waals surface area contributed by atoms with Gasteiger partial charge in [-0.1, -0.05) is 29.7 Å². The molecule has 2 aromatic heterocycles. The summed E-state index contributed by atoms with van der Waals surface area (Å²) in [5.74, 6) is -0.0666. The molecule has 1 aliphatic heterocycles. The highest BCUT2D eigenvalue weighted by Gasteiger charge is 2.24. The predicted octanol–water partition coefficient (Wildman–Crippen LogP) is -0.245. The van der Waals surface area contributed by atoms with E-state index < -0.39 is 0 Å². The van der Waals surface area contributed by atoms with Gasteiger partial charge in [-0.15, -0.1) is 0 Å². The van der Waals surface area contributed by atoms with Crippen LogP contribution in [0, 0.1) is 0 Å². The van der Waals surface area contributed by atoms with Gasteiger partial charge in [0.2, 0.25) is 5.91 Å². The quantitative estimate of drug-likeness (QED) is 0.588. The van der Waals surface area contributed by atoms with Crippen molar-refractivity contribution in [3.05, 3.63) is 52.8 Å². The number of hydrogen-bond acceptors (Lipinski definition) is 5. The van der Waals surface area contributed by atoms with E-state index in [0.717, 1.165) is 5.56 Å². The average molecular weight is 360 g/mol. The van der Waals surface area contributed by atoms with E-state index in [1.54, 1.807) is 17.9 Å². The van der Waals surface area contributed by atoms with E-state index >= 15 is 0 Å². The zero-order valence-electron chi connectivity index (χ0n) is 14.9. The number of hydrazone groups is 1. The van der Waals surface area contributed by atoms with Crippen molar-refractivity contribution in [2.24, 2.45) is 12.1 Å². The van der Waals surface area contributed by atoms with Crippen molar-refractivity contribution in [3.63, 3.8) is 0 Å². The van der Waals surface area contributed by atoms with Gasteiger partial charge < -0.3 is 4.57 Å². The molecule has 27 heavy (non-hydrogen) atoms. The van der Waals surface area contributed by atoms with Crippen LogP contribution in [-0.2, 0) is 24.8 Å². The maximum absolute atomic E-state index is 12.6. The molecular formula is C18H17BN6O2. The highest BCUT2D eigenvalue weighted by molar-refractivity contribution is 6.32. The van der Waals surface area contributed by atoms with Crippen LogP contribution in [0.3, 0.4) is 0 Å². The van der Waals surface area contributed by atoms with Crippen molar-refractivity contribution >= 4 is 36.1 Å². The third kappa shape index (κ3) is 3.40. The fraction of sp³-hybridized carbons (Fsp3) is 0.278. The van der Waals surface area contributed by atoms with E-state index in [-0.39, 0.29) is 24.4 Å². The summed E-state index contributed by atoms with van der Waals surface area (Å²) in [6.45, 7) is 0.719. The van der Waals surface area contributed by atoms with E-state index in [2.05, 4.69) is 15.1 Å². The van der Waals surface area contributed by atoms with E-state index in [1.807, 2.05) is 24.3 Å². The van der Waals surface area contributed by atoms with Crippen LogP contribution < -0.4 is 11.0 Å². The molecule has 8 nitrogen and oxygen atoms in total. The lowest BCUT2D eigenvalue weighted by atomic mass is 9.95. The first-order valence-corrected chi connectivity index (χ1v) is 8.59. The molecule has 1 amide bonds. The Morgan fingerprint density at radius 2 is 1.85 bits per heavy atom. The molecule has 1 aliphatic rings. The largest absolute Gasteiger partial charge is 0.328 e. The van der Waals surface area contributed by atoms with Gasteiger partial charge in [0.1, 0.15) is 14.2 Å². The molecule has 0 saturated carbocycles. The lowest BCUT2D eigenvalue weighted by Crippen LogP contribution is -2.25. The van der Waals surface area contributed by atoms with Crippen molar-refractivity contribution in [1.82, 2.24) is 24.1 Å². The average Bonchev–Trinajstić information content (AvgIpc) is 3.20. The fourth-order valence-electron chi connectivity index (χ4n) is 3.09. The Labute approximate surface area is 156 Å². The van der Waals surface area contributed by atoms with E-state index in [0.29, 0.717) is 35.3 Å². The molecule has 134 valence electrons. The Morgan fingerprint density at radius 1 is 1.11 bits per heavy atom. The first-order valence-electron chi connectivity index (χ1n) is 8.59. The molecule has 0 atom stereocenters. The summed E-state index contributed by atoms with van der Waals surface area (Å²) in [5.41, 5.74) is 3.08. The van der Waals surface area contributed by atoms with Gasteiger partial charge >= 0.3 is 0 Å². The summed E-state index contributed by atoms with van der Waals surface area (Å²) in [4.78, 5) is 33.1. The van der Waals surface area contributed by atoms with Crippen LogP contribution in [-0.4, -0.2) is 50.1 Å². The number of imidazole rings is 1. The number of rotatable bonds is 5. The summed E-state index contributed by atoms with van der Waals surface area (Å²) in [5, 5.41) is 5.86. The number of hydrogen-bond donors (Lipinski definition) is 0. The first-order chi connectivity index (χ1) is 13.0. The second-order valence-electron chi connectivity index (χ2n) is 6.56. The number of amides is 1. The van der Waals surface area contributed by atoms with Crippen molar-refractivity contribution in [2.45, 2.75) is 19.4 Å². The van der Waals surface area contributed by atoms with Gasteiger partial charge in [0.25, 0.3) is 5.56 Å². The fourth-order valence-corrected chi connectivity index (χ4v) is 3.09. The molecular weight excluding hydrogens is 343 g/mol. The summed E-state index contributed by atoms with van der Waals surface area (Å²) >= 11 is 0. The van der Waals surface area contributed by atoms with Crippen LogP contribution in [0.2, 0.25) is 0 Å². The molecule has 2 radical (unpaired) electrons. The topological polar surface area (TPSA) is 85.4 Å². The maximum atomic E-state index is 12.6. The van der Waals surface area contributed by atoms with Gasteiger partial charge in [0.15, 0.2) is 11.2 Å². The summed E-state index contributed by atoms with van der Waals surface area (Å²) < 4.78 is 3.10. The molecule has 9 heteroatoms. The van der Waals surface area contributed by atoms with Crippen LogP contribution in [0.1, 0.15) is 12.0 Å². The first kappa shape index (κ1) is 17.2. The number of fused-ring (bicyclic) bond motifs is 1. The molecule has 0 bridgehead atoms. The van der Waals surface area contributed by atoms with E-state index in [4.69, 9.17) is 7.85 Å². The van der Waals surface area contributed by atoms with Crippen LogP contribution in [0.4, 0.5) is 0 Å².